The number of rotatable bonds is 3. The van der Waals surface area contributed by atoms with Gasteiger partial charge < -0.3 is 10.0 Å². The van der Waals surface area contributed by atoms with E-state index in [0.717, 1.165) is 41.5 Å². The van der Waals surface area contributed by atoms with E-state index in [4.69, 9.17) is 6.42 Å². The van der Waals surface area contributed by atoms with E-state index in [0.29, 0.717) is 12.5 Å². The van der Waals surface area contributed by atoms with Gasteiger partial charge in [0, 0.05) is 35.5 Å². The second-order valence-corrected chi connectivity index (χ2v) is 10.2. The van der Waals surface area contributed by atoms with Gasteiger partial charge in [0.25, 0.3) is 0 Å². The molecule has 0 spiro atoms. The van der Waals surface area contributed by atoms with E-state index >= 15 is 0 Å². The third kappa shape index (κ3) is 3.93. The number of benzene rings is 2. The number of fused-ring (bicyclic) bond motifs is 2. The Balaban J connectivity index is 1.66. The minimum Gasteiger partial charge on any atom is -0.465 e. The summed E-state index contributed by atoms with van der Waals surface area (Å²) >= 11 is 0. The molecule has 3 unspecified atom stereocenters. The average molecular weight is 430 g/mol. The molecule has 2 aliphatic rings. The van der Waals surface area contributed by atoms with Crippen LogP contribution < -0.4 is 0 Å². The monoisotopic (exact) mass is 429 g/mol. The number of hydrogen-bond donors (Lipinski definition) is 1. The predicted octanol–water partition coefficient (Wildman–Crippen LogP) is 5.81. The second-order valence-electron chi connectivity index (χ2n) is 10.2. The van der Waals surface area contributed by atoms with Crippen LogP contribution in [0.3, 0.4) is 0 Å². The van der Waals surface area contributed by atoms with E-state index in [9.17, 15) is 14.7 Å². The Kier molecular flexibility index (Phi) is 5.86. The molecule has 1 heterocycles. The SMILES string of the molecule is C#CC(CC1CCN(C(=O)O)C(C(C)(C)C)C1)C1c2ccccc2C(=O)c2ccccc21. The zero-order chi connectivity index (χ0) is 23.0. The van der Waals surface area contributed by atoms with Gasteiger partial charge in [0.15, 0.2) is 5.78 Å². The van der Waals surface area contributed by atoms with Crippen LogP contribution in [0.2, 0.25) is 0 Å². The lowest BCUT2D eigenvalue weighted by molar-refractivity contribution is 0.0368. The quantitative estimate of drug-likeness (QED) is 0.627. The summed E-state index contributed by atoms with van der Waals surface area (Å²) in [6.45, 7) is 6.85. The fourth-order valence-corrected chi connectivity index (χ4v) is 5.66. The fourth-order valence-electron chi connectivity index (χ4n) is 5.66. The van der Waals surface area contributed by atoms with Crippen molar-refractivity contribution >= 4 is 11.9 Å². The van der Waals surface area contributed by atoms with Crippen LogP contribution in [0.4, 0.5) is 4.79 Å². The number of nitrogens with zero attached hydrogens (tertiary/aromatic N) is 1. The van der Waals surface area contributed by atoms with E-state index in [1.165, 1.54) is 0 Å². The van der Waals surface area contributed by atoms with Crippen LogP contribution >= 0.6 is 0 Å². The summed E-state index contributed by atoms with van der Waals surface area (Å²) in [4.78, 5) is 26.5. The number of hydrogen-bond acceptors (Lipinski definition) is 2. The minimum atomic E-state index is -0.842. The van der Waals surface area contributed by atoms with Crippen LogP contribution in [-0.2, 0) is 0 Å². The molecule has 1 fully saturated rings. The lowest BCUT2D eigenvalue weighted by Crippen LogP contribution is -2.51. The smallest absolute Gasteiger partial charge is 0.407 e. The Morgan fingerprint density at radius 1 is 1.12 bits per heavy atom. The molecule has 0 bridgehead atoms. The third-order valence-electron chi connectivity index (χ3n) is 7.24. The summed E-state index contributed by atoms with van der Waals surface area (Å²) in [5.41, 5.74) is 3.36. The van der Waals surface area contributed by atoms with Crippen LogP contribution in [0.25, 0.3) is 0 Å². The van der Waals surface area contributed by atoms with E-state index in [1.807, 2.05) is 48.5 Å². The highest BCUT2D eigenvalue weighted by atomic mass is 16.4. The maximum Gasteiger partial charge on any atom is 0.407 e. The molecule has 1 aliphatic heterocycles. The lowest BCUT2D eigenvalue weighted by atomic mass is 9.68. The molecule has 3 atom stereocenters. The molecule has 1 N–H and O–H groups in total. The van der Waals surface area contributed by atoms with Gasteiger partial charge in [-0.05, 0) is 41.7 Å². The summed E-state index contributed by atoms with van der Waals surface area (Å²) in [7, 11) is 0. The van der Waals surface area contributed by atoms with Crippen molar-refractivity contribution in [2.75, 3.05) is 6.54 Å². The van der Waals surface area contributed by atoms with Crippen molar-refractivity contribution in [2.24, 2.45) is 17.3 Å². The maximum atomic E-state index is 13.1. The van der Waals surface area contributed by atoms with Gasteiger partial charge in [-0.2, -0.15) is 0 Å². The molecule has 1 aliphatic carbocycles. The van der Waals surface area contributed by atoms with E-state index < -0.39 is 6.09 Å². The summed E-state index contributed by atoms with van der Waals surface area (Å²) < 4.78 is 0. The average Bonchev–Trinajstić information content (AvgIpc) is 2.77. The highest BCUT2D eigenvalue weighted by Gasteiger charge is 2.41. The summed E-state index contributed by atoms with van der Waals surface area (Å²) in [6, 6.07) is 15.6. The van der Waals surface area contributed by atoms with Crippen LogP contribution in [0, 0.1) is 29.6 Å². The molecule has 32 heavy (non-hydrogen) atoms. The highest BCUT2D eigenvalue weighted by molar-refractivity contribution is 6.12. The zero-order valence-electron chi connectivity index (χ0n) is 19.0. The topological polar surface area (TPSA) is 57.6 Å². The lowest BCUT2D eigenvalue weighted by Gasteiger charge is -2.45. The molecular weight excluding hydrogens is 398 g/mol. The van der Waals surface area contributed by atoms with Crippen molar-refractivity contribution in [3.63, 3.8) is 0 Å². The van der Waals surface area contributed by atoms with Gasteiger partial charge in [0.1, 0.15) is 0 Å². The molecule has 4 nitrogen and oxygen atoms in total. The van der Waals surface area contributed by atoms with Gasteiger partial charge >= 0.3 is 6.09 Å². The minimum absolute atomic E-state index is 0.0318. The van der Waals surface area contributed by atoms with Crippen LogP contribution in [0.5, 0.6) is 0 Å². The molecule has 0 aromatic heterocycles. The van der Waals surface area contributed by atoms with Crippen LogP contribution in [0.1, 0.15) is 73.0 Å². The van der Waals surface area contributed by atoms with Crippen molar-refractivity contribution in [2.45, 2.75) is 52.0 Å². The first-order chi connectivity index (χ1) is 15.2. The number of amides is 1. The number of piperidine rings is 1. The Morgan fingerprint density at radius 2 is 1.69 bits per heavy atom. The van der Waals surface area contributed by atoms with Gasteiger partial charge in [0.2, 0.25) is 0 Å². The van der Waals surface area contributed by atoms with E-state index in [-0.39, 0.29) is 29.1 Å². The zero-order valence-corrected chi connectivity index (χ0v) is 19.0. The van der Waals surface area contributed by atoms with Crippen molar-refractivity contribution < 1.29 is 14.7 Å². The van der Waals surface area contributed by atoms with Gasteiger partial charge in [-0.1, -0.05) is 69.3 Å². The first-order valence-electron chi connectivity index (χ1n) is 11.4. The molecule has 0 saturated carbocycles. The number of carbonyl (C=O) groups excluding carboxylic acids is 1. The molecule has 1 saturated heterocycles. The van der Waals surface area contributed by atoms with Gasteiger partial charge in [-0.15, -0.1) is 12.3 Å². The molecular formula is C28H31NO3. The molecule has 4 heteroatoms. The van der Waals surface area contributed by atoms with Gasteiger partial charge in [-0.3, -0.25) is 4.79 Å². The van der Waals surface area contributed by atoms with E-state index in [2.05, 4.69) is 26.7 Å². The summed E-state index contributed by atoms with van der Waals surface area (Å²) in [5, 5.41) is 9.70. The predicted molar refractivity (Wildman–Crippen MR) is 126 cm³/mol. The Bertz CT molecular complexity index is 1030. The van der Waals surface area contributed by atoms with Crippen LogP contribution in [-0.4, -0.2) is 34.5 Å². The molecule has 4 rings (SSSR count). The molecule has 2 aromatic carbocycles. The van der Waals surface area contributed by atoms with Crippen molar-refractivity contribution in [1.29, 1.82) is 0 Å². The van der Waals surface area contributed by atoms with Crippen molar-refractivity contribution in [3.8, 4) is 12.3 Å². The molecule has 2 aromatic rings. The first-order valence-corrected chi connectivity index (χ1v) is 11.4. The summed E-state index contributed by atoms with van der Waals surface area (Å²) in [6.07, 6.45) is 7.72. The first kappa shape index (κ1) is 22.1. The Morgan fingerprint density at radius 3 is 2.19 bits per heavy atom. The fraction of sp³-hybridized carbons (Fsp3) is 0.429. The molecule has 166 valence electrons. The number of carbonyl (C=O) groups is 2. The molecule has 1 amide bonds. The van der Waals surface area contributed by atoms with Crippen molar-refractivity contribution in [3.05, 3.63) is 70.8 Å². The van der Waals surface area contributed by atoms with E-state index in [1.54, 1.807) is 4.90 Å². The standard InChI is InChI=1S/C28H31NO3/c1-5-19(16-18-14-15-29(27(31)32)24(17-18)28(2,3)4)25-20-10-6-8-12-22(20)26(30)23-13-9-7-11-21(23)25/h1,6-13,18-19,24-25H,14-17H2,2-4H3,(H,31,32). The third-order valence-corrected chi connectivity index (χ3v) is 7.24. The van der Waals surface area contributed by atoms with Gasteiger partial charge in [0.05, 0.1) is 0 Å². The Hall–Kier alpha value is -3.06. The largest absolute Gasteiger partial charge is 0.465 e. The number of carboxylic acid groups (broad SMARTS) is 1. The second kappa shape index (κ2) is 8.47. The molecule has 0 radical (unpaired) electrons. The number of terminal acetylenes is 1. The Labute approximate surface area is 190 Å². The highest BCUT2D eigenvalue weighted by Crippen LogP contribution is 2.45. The van der Waals surface area contributed by atoms with Crippen LogP contribution in [0.15, 0.2) is 48.5 Å². The number of likely N-dealkylation sites (tertiary alicyclic amines) is 1. The van der Waals surface area contributed by atoms with Crippen molar-refractivity contribution in [1.82, 2.24) is 4.90 Å². The normalized spacial score (nSPS) is 21.9. The van der Waals surface area contributed by atoms with Gasteiger partial charge in [-0.25, -0.2) is 4.79 Å². The summed E-state index contributed by atoms with van der Waals surface area (Å²) in [5.74, 6) is 3.37. The maximum absolute atomic E-state index is 13.1. The number of ketones is 1.